The van der Waals surface area contributed by atoms with Crippen LogP contribution in [-0.4, -0.2) is 29.0 Å². The van der Waals surface area contributed by atoms with Gasteiger partial charge in [0.05, 0.1) is 0 Å². The summed E-state index contributed by atoms with van der Waals surface area (Å²) < 4.78 is 0. The average Bonchev–Trinajstić information content (AvgIpc) is 2.40. The van der Waals surface area contributed by atoms with E-state index in [4.69, 9.17) is 5.73 Å². The van der Waals surface area contributed by atoms with Crippen molar-refractivity contribution < 1.29 is 0 Å². The predicted octanol–water partition coefficient (Wildman–Crippen LogP) is 2.73. The smallest absolute Gasteiger partial charge is 0.0497 e. The molecule has 0 radical (unpaired) electrons. The summed E-state index contributed by atoms with van der Waals surface area (Å²) in [5.74, 6) is 0. The van der Waals surface area contributed by atoms with E-state index in [0.717, 1.165) is 0 Å². The lowest BCUT2D eigenvalue weighted by Crippen LogP contribution is -2.43. The van der Waals surface area contributed by atoms with Gasteiger partial charge in [-0.25, -0.2) is 0 Å². The van der Waals surface area contributed by atoms with Gasteiger partial charge >= 0.3 is 0 Å². The summed E-state index contributed by atoms with van der Waals surface area (Å²) in [4.78, 5) is 6.58. The fourth-order valence-corrected chi connectivity index (χ4v) is 3.19. The number of hydrogen-bond acceptors (Lipinski definition) is 3. The van der Waals surface area contributed by atoms with Gasteiger partial charge in [-0.2, -0.15) is 0 Å². The lowest BCUT2D eigenvalue weighted by Gasteiger charge is -2.39. The second-order valence-electron chi connectivity index (χ2n) is 5.54. The van der Waals surface area contributed by atoms with Crippen LogP contribution in [0.2, 0.25) is 0 Å². The normalized spacial score (nSPS) is 20.9. The van der Waals surface area contributed by atoms with Crippen molar-refractivity contribution in [3.63, 3.8) is 0 Å². The Balaban J connectivity index is 2.14. The molecule has 0 spiro atoms. The molecule has 0 amide bonds. The quantitative estimate of drug-likeness (QED) is 0.889. The zero-order valence-electron chi connectivity index (χ0n) is 11.5. The maximum absolute atomic E-state index is 6.21. The van der Waals surface area contributed by atoms with Gasteiger partial charge in [-0.1, -0.05) is 19.3 Å². The molecular formula is C15H25N3. The van der Waals surface area contributed by atoms with Gasteiger partial charge < -0.3 is 5.73 Å². The second kappa shape index (κ2) is 6.30. The number of rotatable bonds is 4. The van der Waals surface area contributed by atoms with Gasteiger partial charge in [0.15, 0.2) is 0 Å². The Hall–Kier alpha value is -0.930. The molecule has 2 atom stereocenters. The van der Waals surface area contributed by atoms with Crippen LogP contribution in [0.3, 0.4) is 0 Å². The summed E-state index contributed by atoms with van der Waals surface area (Å²) in [7, 11) is 2.23. The molecule has 1 saturated carbocycles. The fraction of sp³-hybridized carbons (Fsp3) is 0.667. The van der Waals surface area contributed by atoms with Crippen LogP contribution in [-0.2, 0) is 0 Å². The Morgan fingerprint density at radius 1 is 1.22 bits per heavy atom. The number of hydrogen-bond donors (Lipinski definition) is 1. The largest absolute Gasteiger partial charge is 0.326 e. The van der Waals surface area contributed by atoms with E-state index in [1.165, 1.54) is 37.7 Å². The first-order valence-corrected chi connectivity index (χ1v) is 7.07. The van der Waals surface area contributed by atoms with Crippen molar-refractivity contribution in [2.45, 2.75) is 57.2 Å². The van der Waals surface area contributed by atoms with Crippen LogP contribution >= 0.6 is 0 Å². The molecule has 100 valence electrons. The lowest BCUT2D eigenvalue weighted by molar-refractivity contribution is 0.123. The molecule has 1 aromatic rings. The van der Waals surface area contributed by atoms with Crippen LogP contribution in [0.4, 0.5) is 0 Å². The standard InChI is InChI=1S/C15H25N3/c1-12(16)15(13-8-10-17-11-9-13)18(2)14-6-4-3-5-7-14/h8-12,14-15H,3-7,16H2,1-2H3. The number of likely N-dealkylation sites (N-methyl/N-ethyl adjacent to an activating group) is 1. The van der Waals surface area contributed by atoms with Crippen LogP contribution in [0, 0.1) is 0 Å². The van der Waals surface area contributed by atoms with Crippen molar-refractivity contribution in [1.82, 2.24) is 9.88 Å². The predicted molar refractivity (Wildman–Crippen MR) is 75.3 cm³/mol. The van der Waals surface area contributed by atoms with Crippen LogP contribution in [0.5, 0.6) is 0 Å². The summed E-state index contributed by atoms with van der Waals surface area (Å²) in [5, 5.41) is 0. The van der Waals surface area contributed by atoms with E-state index in [1.54, 1.807) is 0 Å². The van der Waals surface area contributed by atoms with E-state index in [0.29, 0.717) is 12.1 Å². The Kier molecular flexibility index (Phi) is 4.72. The molecule has 1 fully saturated rings. The molecule has 0 bridgehead atoms. The Labute approximate surface area is 110 Å². The van der Waals surface area contributed by atoms with Gasteiger partial charge in [0.2, 0.25) is 0 Å². The van der Waals surface area contributed by atoms with Crippen molar-refractivity contribution in [3.8, 4) is 0 Å². The van der Waals surface area contributed by atoms with Crippen molar-refractivity contribution in [3.05, 3.63) is 30.1 Å². The Bertz CT molecular complexity index is 344. The number of nitrogens with zero attached hydrogens (tertiary/aromatic N) is 2. The molecule has 1 aromatic heterocycles. The highest BCUT2D eigenvalue weighted by Gasteiger charge is 2.27. The highest BCUT2D eigenvalue weighted by atomic mass is 15.2. The number of pyridine rings is 1. The van der Waals surface area contributed by atoms with E-state index in [-0.39, 0.29) is 6.04 Å². The minimum Gasteiger partial charge on any atom is -0.326 e. The molecule has 2 N–H and O–H groups in total. The van der Waals surface area contributed by atoms with Gasteiger partial charge in [0.1, 0.15) is 0 Å². The van der Waals surface area contributed by atoms with Crippen LogP contribution in [0.1, 0.15) is 50.6 Å². The van der Waals surface area contributed by atoms with Crippen molar-refractivity contribution in [2.24, 2.45) is 5.73 Å². The molecule has 2 rings (SSSR count). The summed E-state index contributed by atoms with van der Waals surface area (Å²) >= 11 is 0. The maximum Gasteiger partial charge on any atom is 0.0497 e. The van der Waals surface area contributed by atoms with E-state index < -0.39 is 0 Å². The van der Waals surface area contributed by atoms with Gasteiger partial charge in [0.25, 0.3) is 0 Å². The number of aromatic nitrogens is 1. The van der Waals surface area contributed by atoms with E-state index in [2.05, 4.69) is 36.0 Å². The monoisotopic (exact) mass is 247 g/mol. The molecule has 2 unspecified atom stereocenters. The molecule has 18 heavy (non-hydrogen) atoms. The molecule has 1 aliphatic carbocycles. The first-order chi connectivity index (χ1) is 8.70. The second-order valence-corrected chi connectivity index (χ2v) is 5.54. The Morgan fingerprint density at radius 2 is 1.83 bits per heavy atom. The summed E-state index contributed by atoms with van der Waals surface area (Å²) in [6, 6.07) is 5.30. The van der Waals surface area contributed by atoms with Crippen LogP contribution in [0.15, 0.2) is 24.5 Å². The topological polar surface area (TPSA) is 42.1 Å². The molecule has 1 aliphatic rings. The first-order valence-electron chi connectivity index (χ1n) is 7.07. The van der Waals surface area contributed by atoms with Gasteiger partial charge in [-0.05, 0) is 44.5 Å². The molecule has 0 aromatic carbocycles. The molecular weight excluding hydrogens is 222 g/mol. The molecule has 3 nitrogen and oxygen atoms in total. The Morgan fingerprint density at radius 3 is 2.39 bits per heavy atom. The average molecular weight is 247 g/mol. The van der Waals surface area contributed by atoms with Gasteiger partial charge in [0, 0.05) is 30.5 Å². The molecule has 0 aliphatic heterocycles. The number of nitrogens with two attached hydrogens (primary N) is 1. The van der Waals surface area contributed by atoms with Crippen molar-refractivity contribution in [1.29, 1.82) is 0 Å². The third-order valence-corrected chi connectivity index (χ3v) is 4.14. The van der Waals surface area contributed by atoms with Crippen LogP contribution < -0.4 is 5.73 Å². The van der Waals surface area contributed by atoms with E-state index in [9.17, 15) is 0 Å². The summed E-state index contributed by atoms with van der Waals surface area (Å²) in [6.07, 6.45) is 10.4. The highest BCUT2D eigenvalue weighted by molar-refractivity contribution is 5.17. The first kappa shape index (κ1) is 13.5. The summed E-state index contributed by atoms with van der Waals surface area (Å²) in [6.45, 7) is 2.10. The minimum absolute atomic E-state index is 0.138. The zero-order chi connectivity index (χ0) is 13.0. The fourth-order valence-electron chi connectivity index (χ4n) is 3.19. The van der Waals surface area contributed by atoms with E-state index in [1.807, 2.05) is 12.4 Å². The van der Waals surface area contributed by atoms with Gasteiger partial charge in [-0.15, -0.1) is 0 Å². The van der Waals surface area contributed by atoms with Crippen molar-refractivity contribution in [2.75, 3.05) is 7.05 Å². The minimum atomic E-state index is 0.138. The van der Waals surface area contributed by atoms with E-state index >= 15 is 0 Å². The molecule has 0 saturated heterocycles. The third kappa shape index (κ3) is 3.09. The maximum atomic E-state index is 6.21. The third-order valence-electron chi connectivity index (χ3n) is 4.14. The molecule has 3 heteroatoms. The highest BCUT2D eigenvalue weighted by Crippen LogP contribution is 2.30. The zero-order valence-corrected chi connectivity index (χ0v) is 11.5. The summed E-state index contributed by atoms with van der Waals surface area (Å²) in [5.41, 5.74) is 7.50. The van der Waals surface area contributed by atoms with Crippen LogP contribution in [0.25, 0.3) is 0 Å². The van der Waals surface area contributed by atoms with Crippen molar-refractivity contribution >= 4 is 0 Å². The lowest BCUT2D eigenvalue weighted by atomic mass is 9.91. The molecule has 1 heterocycles. The van der Waals surface area contributed by atoms with Gasteiger partial charge in [-0.3, -0.25) is 9.88 Å². The SMILES string of the molecule is CC(N)C(c1ccncc1)N(C)C1CCCCC1.